The van der Waals surface area contributed by atoms with Gasteiger partial charge >= 0.3 is 0 Å². The van der Waals surface area contributed by atoms with E-state index in [9.17, 15) is 9.59 Å². The summed E-state index contributed by atoms with van der Waals surface area (Å²) in [4.78, 5) is 32.9. The van der Waals surface area contributed by atoms with Crippen molar-refractivity contribution in [2.75, 3.05) is 7.05 Å². The van der Waals surface area contributed by atoms with E-state index < -0.39 is 0 Å². The van der Waals surface area contributed by atoms with Crippen molar-refractivity contribution in [3.05, 3.63) is 62.5 Å². The number of aromatic nitrogens is 2. The molecule has 3 rings (SSSR count). The number of thiophene rings is 1. The lowest BCUT2D eigenvalue weighted by molar-refractivity contribution is -0.130. The SMILES string of the molecule is CN(Cc1nc2ccsc2c(=O)[nH]1)C(=O)CCc1ccc(Cl)cc1. The van der Waals surface area contributed by atoms with Crippen LogP contribution in [0.1, 0.15) is 17.8 Å². The number of nitrogens with zero attached hydrogens (tertiary/aromatic N) is 2. The van der Waals surface area contributed by atoms with Crippen molar-refractivity contribution in [3.8, 4) is 0 Å². The minimum Gasteiger partial charge on any atom is -0.338 e. The lowest BCUT2D eigenvalue weighted by Crippen LogP contribution is -2.28. The van der Waals surface area contributed by atoms with Crippen LogP contribution in [0.5, 0.6) is 0 Å². The number of benzene rings is 1. The summed E-state index contributed by atoms with van der Waals surface area (Å²) in [6.45, 7) is 0.278. The van der Waals surface area contributed by atoms with Gasteiger partial charge in [-0.25, -0.2) is 4.98 Å². The topological polar surface area (TPSA) is 66.1 Å². The second kappa shape index (κ2) is 7.15. The van der Waals surface area contributed by atoms with Crippen molar-refractivity contribution in [2.45, 2.75) is 19.4 Å². The van der Waals surface area contributed by atoms with E-state index in [-0.39, 0.29) is 18.0 Å². The molecule has 0 unspecified atom stereocenters. The molecule has 0 aliphatic heterocycles. The van der Waals surface area contributed by atoms with Crippen LogP contribution in [0.3, 0.4) is 0 Å². The zero-order valence-electron chi connectivity index (χ0n) is 13.1. The second-order valence-corrected chi connectivity index (χ2v) is 6.88. The number of hydrogen-bond donors (Lipinski definition) is 1. The Morgan fingerprint density at radius 2 is 2.04 bits per heavy atom. The molecular weight excluding hydrogens is 346 g/mol. The fourth-order valence-electron chi connectivity index (χ4n) is 2.40. The number of fused-ring (bicyclic) bond motifs is 1. The Hall–Kier alpha value is -2.18. The molecular formula is C17H16ClN3O2S. The average Bonchev–Trinajstić information content (AvgIpc) is 3.03. The molecule has 5 nitrogen and oxygen atoms in total. The molecule has 0 saturated carbocycles. The Morgan fingerprint density at radius 1 is 1.29 bits per heavy atom. The standard InChI is InChI=1S/C17H16ClN3O2S/c1-21(15(22)7-4-11-2-5-12(18)6-3-11)10-14-19-13-8-9-24-16(13)17(23)20-14/h2-3,5-6,8-9H,4,7,10H2,1H3,(H,19,20,23). The molecule has 2 aromatic heterocycles. The molecule has 1 N–H and O–H groups in total. The maximum atomic E-state index is 12.3. The van der Waals surface area contributed by atoms with Crippen LogP contribution in [0.25, 0.3) is 10.2 Å². The Kier molecular flexibility index (Phi) is 4.97. The maximum Gasteiger partial charge on any atom is 0.268 e. The number of aromatic amines is 1. The van der Waals surface area contributed by atoms with Gasteiger partial charge in [-0.1, -0.05) is 23.7 Å². The number of halogens is 1. The van der Waals surface area contributed by atoms with Gasteiger partial charge in [0.25, 0.3) is 5.56 Å². The fourth-order valence-corrected chi connectivity index (χ4v) is 3.25. The first-order valence-corrected chi connectivity index (χ1v) is 8.73. The van der Waals surface area contributed by atoms with E-state index >= 15 is 0 Å². The predicted octanol–water partition coefficient (Wildman–Crippen LogP) is 3.23. The Labute approximate surface area is 147 Å². The fraction of sp³-hybridized carbons (Fsp3) is 0.235. The molecule has 124 valence electrons. The van der Waals surface area contributed by atoms with E-state index in [2.05, 4.69) is 9.97 Å². The molecule has 0 bridgehead atoms. The first-order chi connectivity index (χ1) is 11.5. The van der Waals surface area contributed by atoms with Gasteiger partial charge in [0.15, 0.2) is 0 Å². The van der Waals surface area contributed by atoms with Gasteiger partial charge in [0, 0.05) is 18.5 Å². The van der Waals surface area contributed by atoms with Crippen LogP contribution in [0.2, 0.25) is 5.02 Å². The molecule has 0 aliphatic carbocycles. The third-order valence-electron chi connectivity index (χ3n) is 3.72. The van der Waals surface area contributed by atoms with Crippen LogP contribution in [0.4, 0.5) is 0 Å². The van der Waals surface area contributed by atoms with Crippen LogP contribution in [0, 0.1) is 0 Å². The summed E-state index contributed by atoms with van der Waals surface area (Å²) < 4.78 is 0.607. The van der Waals surface area contributed by atoms with Crippen LogP contribution < -0.4 is 5.56 Å². The summed E-state index contributed by atoms with van der Waals surface area (Å²) in [7, 11) is 1.71. The van der Waals surface area contributed by atoms with Gasteiger partial charge in [-0.05, 0) is 35.6 Å². The van der Waals surface area contributed by atoms with E-state index in [4.69, 9.17) is 11.6 Å². The first-order valence-electron chi connectivity index (χ1n) is 7.48. The third kappa shape index (κ3) is 3.83. The maximum absolute atomic E-state index is 12.3. The highest BCUT2D eigenvalue weighted by Gasteiger charge is 2.12. The van der Waals surface area contributed by atoms with Crippen molar-refractivity contribution >= 4 is 39.1 Å². The number of carbonyl (C=O) groups is 1. The lowest BCUT2D eigenvalue weighted by atomic mass is 10.1. The van der Waals surface area contributed by atoms with Crippen molar-refractivity contribution in [1.29, 1.82) is 0 Å². The number of hydrogen-bond acceptors (Lipinski definition) is 4. The third-order valence-corrected chi connectivity index (χ3v) is 4.87. The normalized spacial score (nSPS) is 10.9. The van der Waals surface area contributed by atoms with E-state index in [0.29, 0.717) is 33.9 Å². The van der Waals surface area contributed by atoms with Crippen LogP contribution in [0.15, 0.2) is 40.5 Å². The molecule has 2 heterocycles. The molecule has 0 saturated heterocycles. The summed E-state index contributed by atoms with van der Waals surface area (Å²) >= 11 is 7.21. The van der Waals surface area contributed by atoms with Gasteiger partial charge < -0.3 is 9.88 Å². The molecule has 1 amide bonds. The van der Waals surface area contributed by atoms with E-state index in [1.807, 2.05) is 29.6 Å². The molecule has 0 atom stereocenters. The molecule has 0 fully saturated rings. The average molecular weight is 362 g/mol. The number of H-pyrrole nitrogens is 1. The predicted molar refractivity (Wildman–Crippen MR) is 96.5 cm³/mol. The quantitative estimate of drug-likeness (QED) is 0.758. The van der Waals surface area contributed by atoms with Crippen LogP contribution >= 0.6 is 22.9 Å². The van der Waals surface area contributed by atoms with Crippen molar-refractivity contribution in [1.82, 2.24) is 14.9 Å². The van der Waals surface area contributed by atoms with Gasteiger partial charge in [0.05, 0.1) is 12.1 Å². The molecule has 1 aromatic carbocycles. The number of aryl methyl sites for hydroxylation is 1. The minimum atomic E-state index is -0.160. The van der Waals surface area contributed by atoms with Gasteiger partial charge in [-0.15, -0.1) is 11.3 Å². The number of carbonyl (C=O) groups excluding carboxylic acids is 1. The summed E-state index contributed by atoms with van der Waals surface area (Å²) in [5.41, 5.74) is 1.57. The Morgan fingerprint density at radius 3 is 2.79 bits per heavy atom. The number of amides is 1. The molecule has 24 heavy (non-hydrogen) atoms. The zero-order valence-corrected chi connectivity index (χ0v) is 14.7. The van der Waals surface area contributed by atoms with Gasteiger partial charge in [-0.2, -0.15) is 0 Å². The van der Waals surface area contributed by atoms with Crippen LogP contribution in [-0.2, 0) is 17.8 Å². The highest BCUT2D eigenvalue weighted by molar-refractivity contribution is 7.17. The van der Waals surface area contributed by atoms with Crippen molar-refractivity contribution in [2.24, 2.45) is 0 Å². The molecule has 0 radical (unpaired) electrons. The molecule has 7 heteroatoms. The Bertz CT molecular complexity index is 917. The monoisotopic (exact) mass is 361 g/mol. The largest absolute Gasteiger partial charge is 0.338 e. The van der Waals surface area contributed by atoms with Crippen molar-refractivity contribution < 1.29 is 4.79 Å². The molecule has 0 aliphatic rings. The smallest absolute Gasteiger partial charge is 0.268 e. The highest BCUT2D eigenvalue weighted by atomic mass is 35.5. The van der Waals surface area contributed by atoms with Gasteiger partial charge in [0.2, 0.25) is 5.91 Å². The van der Waals surface area contributed by atoms with E-state index in [0.717, 1.165) is 5.56 Å². The number of nitrogens with one attached hydrogen (secondary N) is 1. The molecule has 0 spiro atoms. The summed E-state index contributed by atoms with van der Waals surface area (Å²) in [5.74, 6) is 0.492. The zero-order chi connectivity index (χ0) is 17.1. The van der Waals surface area contributed by atoms with Crippen LogP contribution in [-0.4, -0.2) is 27.8 Å². The van der Waals surface area contributed by atoms with Gasteiger partial charge in [0.1, 0.15) is 10.5 Å². The summed E-state index contributed by atoms with van der Waals surface area (Å²) in [6, 6.07) is 9.27. The molecule has 3 aromatic rings. The van der Waals surface area contributed by atoms with E-state index in [1.165, 1.54) is 11.3 Å². The number of rotatable bonds is 5. The van der Waals surface area contributed by atoms with Gasteiger partial charge in [-0.3, -0.25) is 9.59 Å². The highest BCUT2D eigenvalue weighted by Crippen LogP contribution is 2.14. The lowest BCUT2D eigenvalue weighted by Gasteiger charge is -2.16. The van der Waals surface area contributed by atoms with Crippen molar-refractivity contribution in [3.63, 3.8) is 0 Å². The summed E-state index contributed by atoms with van der Waals surface area (Å²) in [6.07, 6.45) is 1.04. The second-order valence-electron chi connectivity index (χ2n) is 5.52. The van der Waals surface area contributed by atoms with E-state index in [1.54, 1.807) is 18.0 Å². The summed E-state index contributed by atoms with van der Waals surface area (Å²) in [5, 5.41) is 2.51. The Balaban J connectivity index is 1.62. The minimum absolute atomic E-state index is 0.00184. The first kappa shape index (κ1) is 16.7.